The van der Waals surface area contributed by atoms with Crippen molar-refractivity contribution < 1.29 is 14.4 Å². The van der Waals surface area contributed by atoms with Gasteiger partial charge >= 0.3 is 11.8 Å². The van der Waals surface area contributed by atoms with E-state index in [0.29, 0.717) is 32.7 Å². The van der Waals surface area contributed by atoms with E-state index in [0.717, 1.165) is 32.7 Å². The van der Waals surface area contributed by atoms with Crippen molar-refractivity contribution in [2.45, 2.75) is 6.92 Å². The molecule has 2 aliphatic heterocycles. The molecule has 8 heteroatoms. The molecule has 0 atom stereocenters. The van der Waals surface area contributed by atoms with Gasteiger partial charge in [-0.3, -0.25) is 19.3 Å². The minimum atomic E-state index is -0.550. The first kappa shape index (κ1) is 16.7. The van der Waals surface area contributed by atoms with E-state index in [-0.39, 0.29) is 5.91 Å². The van der Waals surface area contributed by atoms with E-state index >= 15 is 0 Å². The van der Waals surface area contributed by atoms with Gasteiger partial charge in [-0.15, -0.1) is 0 Å². The highest BCUT2D eigenvalue weighted by Gasteiger charge is 2.26. The lowest BCUT2D eigenvalue weighted by molar-refractivity contribution is -0.148. The zero-order valence-electron chi connectivity index (χ0n) is 13.1. The summed E-state index contributed by atoms with van der Waals surface area (Å²) in [7, 11) is 0. The van der Waals surface area contributed by atoms with Crippen molar-refractivity contribution in [1.82, 2.24) is 25.3 Å². The lowest BCUT2D eigenvalue weighted by atomic mass is 10.3. The minimum Gasteiger partial charge on any atom is -0.347 e. The van der Waals surface area contributed by atoms with Gasteiger partial charge in [-0.2, -0.15) is 0 Å². The van der Waals surface area contributed by atoms with E-state index < -0.39 is 11.8 Å². The number of carbonyl (C=O) groups excluding carboxylic acids is 3. The quantitative estimate of drug-likeness (QED) is 0.573. The van der Waals surface area contributed by atoms with Gasteiger partial charge in [0.1, 0.15) is 0 Å². The predicted octanol–water partition coefficient (Wildman–Crippen LogP) is -2.30. The number of carbonyl (C=O) groups is 3. The number of nitrogens with zero attached hydrogens (tertiary/aromatic N) is 3. The van der Waals surface area contributed by atoms with Crippen LogP contribution in [0.25, 0.3) is 0 Å². The number of hydrogen-bond donors (Lipinski definition) is 2. The summed E-state index contributed by atoms with van der Waals surface area (Å²) in [4.78, 5) is 40.6. The van der Waals surface area contributed by atoms with Gasteiger partial charge in [0, 0.05) is 72.4 Å². The van der Waals surface area contributed by atoms with Gasteiger partial charge in [0.15, 0.2) is 0 Å². The van der Waals surface area contributed by atoms with Crippen LogP contribution in [0.2, 0.25) is 0 Å². The number of amides is 3. The predicted molar refractivity (Wildman–Crippen MR) is 81.2 cm³/mol. The van der Waals surface area contributed by atoms with Gasteiger partial charge in [-0.1, -0.05) is 0 Å². The number of hydrogen-bond acceptors (Lipinski definition) is 5. The Bertz CT molecular complexity index is 415. The van der Waals surface area contributed by atoms with Gasteiger partial charge in [-0.05, 0) is 0 Å². The summed E-state index contributed by atoms with van der Waals surface area (Å²) < 4.78 is 0. The summed E-state index contributed by atoms with van der Waals surface area (Å²) in [6.07, 6.45) is 0. The molecule has 124 valence electrons. The van der Waals surface area contributed by atoms with Gasteiger partial charge < -0.3 is 20.4 Å². The fourth-order valence-electron chi connectivity index (χ4n) is 2.71. The van der Waals surface area contributed by atoms with Crippen LogP contribution < -0.4 is 10.6 Å². The van der Waals surface area contributed by atoms with Crippen molar-refractivity contribution in [2.75, 3.05) is 65.4 Å². The van der Waals surface area contributed by atoms with Crippen LogP contribution in [0.1, 0.15) is 6.92 Å². The molecule has 3 amide bonds. The molecule has 0 aromatic rings. The third kappa shape index (κ3) is 4.67. The summed E-state index contributed by atoms with van der Waals surface area (Å²) in [6, 6.07) is 0. The Balaban J connectivity index is 1.66. The smallest absolute Gasteiger partial charge is 0.312 e. The van der Waals surface area contributed by atoms with Gasteiger partial charge in [0.05, 0.1) is 0 Å². The van der Waals surface area contributed by atoms with E-state index in [1.54, 1.807) is 4.90 Å². The molecule has 2 heterocycles. The molecule has 22 heavy (non-hydrogen) atoms. The molecule has 0 unspecified atom stereocenters. The molecule has 0 bridgehead atoms. The maximum Gasteiger partial charge on any atom is 0.312 e. The molecule has 2 fully saturated rings. The highest BCUT2D eigenvalue weighted by Crippen LogP contribution is 2.02. The topological polar surface area (TPSA) is 85.0 Å². The number of piperazine rings is 2. The van der Waals surface area contributed by atoms with Crippen LogP contribution >= 0.6 is 0 Å². The average Bonchev–Trinajstić information content (AvgIpc) is 2.55. The Morgan fingerprint density at radius 2 is 1.55 bits per heavy atom. The summed E-state index contributed by atoms with van der Waals surface area (Å²) in [5.41, 5.74) is 0. The summed E-state index contributed by atoms with van der Waals surface area (Å²) >= 11 is 0. The molecule has 0 aromatic carbocycles. The van der Waals surface area contributed by atoms with Crippen LogP contribution in [0.5, 0.6) is 0 Å². The van der Waals surface area contributed by atoms with E-state index in [4.69, 9.17) is 0 Å². The Morgan fingerprint density at radius 3 is 2.14 bits per heavy atom. The first-order valence-electron chi connectivity index (χ1n) is 7.83. The monoisotopic (exact) mass is 311 g/mol. The zero-order chi connectivity index (χ0) is 15.9. The summed E-state index contributed by atoms with van der Waals surface area (Å²) in [5.74, 6) is -1.04. The molecular formula is C14H25N5O3. The van der Waals surface area contributed by atoms with E-state index in [9.17, 15) is 14.4 Å². The normalized spacial score (nSPS) is 19.9. The third-order valence-corrected chi connectivity index (χ3v) is 4.13. The van der Waals surface area contributed by atoms with Crippen LogP contribution in [0.4, 0.5) is 0 Å². The first-order chi connectivity index (χ1) is 10.6. The van der Waals surface area contributed by atoms with Crippen LogP contribution in [-0.2, 0) is 14.4 Å². The van der Waals surface area contributed by atoms with Crippen molar-refractivity contribution in [1.29, 1.82) is 0 Å². The van der Waals surface area contributed by atoms with Crippen molar-refractivity contribution in [3.05, 3.63) is 0 Å². The van der Waals surface area contributed by atoms with E-state index in [1.165, 1.54) is 11.8 Å². The summed E-state index contributed by atoms with van der Waals surface area (Å²) in [6.45, 7) is 8.46. The highest BCUT2D eigenvalue weighted by atomic mass is 16.2. The molecule has 0 spiro atoms. The molecule has 0 aromatic heterocycles. The van der Waals surface area contributed by atoms with E-state index in [1.807, 2.05) is 0 Å². The largest absolute Gasteiger partial charge is 0.347 e. The molecule has 2 saturated heterocycles. The number of rotatable bonds is 3. The van der Waals surface area contributed by atoms with Gasteiger partial charge in [0.2, 0.25) is 5.91 Å². The minimum absolute atomic E-state index is 0.00701. The molecule has 2 N–H and O–H groups in total. The lowest BCUT2D eigenvalue weighted by Crippen LogP contribution is -2.54. The third-order valence-electron chi connectivity index (χ3n) is 4.13. The second kappa shape index (κ2) is 8.09. The second-order valence-electron chi connectivity index (χ2n) is 5.65. The van der Waals surface area contributed by atoms with Crippen LogP contribution in [-0.4, -0.2) is 97.9 Å². The maximum absolute atomic E-state index is 12.0. The molecular weight excluding hydrogens is 286 g/mol. The fraction of sp³-hybridized carbons (Fsp3) is 0.786. The van der Waals surface area contributed by atoms with Crippen molar-refractivity contribution in [3.8, 4) is 0 Å². The summed E-state index contributed by atoms with van der Waals surface area (Å²) in [5, 5.41) is 5.96. The molecule has 2 aliphatic rings. The highest BCUT2D eigenvalue weighted by molar-refractivity contribution is 6.35. The first-order valence-corrected chi connectivity index (χ1v) is 7.83. The van der Waals surface area contributed by atoms with Crippen molar-refractivity contribution >= 4 is 17.7 Å². The molecule has 0 saturated carbocycles. The Labute approximate surface area is 130 Å². The standard InChI is InChI=1S/C14H25N5O3/c1-12(20)18-8-10-19(11-9-18)14(22)13(21)16-4-7-17-5-2-15-3-6-17/h15H,2-11H2,1H3,(H,16,21). The van der Waals surface area contributed by atoms with Crippen LogP contribution in [0.15, 0.2) is 0 Å². The SMILES string of the molecule is CC(=O)N1CCN(C(=O)C(=O)NCCN2CCNCC2)CC1. The maximum atomic E-state index is 12.0. The van der Waals surface area contributed by atoms with Crippen LogP contribution in [0.3, 0.4) is 0 Å². The van der Waals surface area contributed by atoms with Crippen molar-refractivity contribution in [3.63, 3.8) is 0 Å². The Morgan fingerprint density at radius 1 is 0.955 bits per heavy atom. The van der Waals surface area contributed by atoms with E-state index in [2.05, 4.69) is 15.5 Å². The lowest BCUT2D eigenvalue weighted by Gasteiger charge is -2.33. The Kier molecular flexibility index (Phi) is 6.14. The molecule has 0 aliphatic carbocycles. The van der Waals surface area contributed by atoms with Gasteiger partial charge in [0.25, 0.3) is 0 Å². The Hall–Kier alpha value is -1.67. The number of nitrogens with one attached hydrogen (secondary N) is 2. The van der Waals surface area contributed by atoms with Gasteiger partial charge in [-0.25, -0.2) is 0 Å². The van der Waals surface area contributed by atoms with Crippen molar-refractivity contribution in [2.24, 2.45) is 0 Å². The molecule has 8 nitrogen and oxygen atoms in total. The van der Waals surface area contributed by atoms with Crippen LogP contribution in [0, 0.1) is 0 Å². The molecule has 2 rings (SSSR count). The molecule has 0 radical (unpaired) electrons. The average molecular weight is 311 g/mol. The zero-order valence-corrected chi connectivity index (χ0v) is 13.1. The fourth-order valence-corrected chi connectivity index (χ4v) is 2.71. The second-order valence-corrected chi connectivity index (χ2v) is 5.65.